The molecule has 0 aromatic carbocycles. The number of amides is 1. The molecular formula is C6H12N2O4S. The van der Waals surface area contributed by atoms with Crippen LogP contribution >= 0.6 is 0 Å². The molecule has 13 heavy (non-hydrogen) atoms. The number of rotatable bonds is 3. The van der Waals surface area contributed by atoms with E-state index in [1.54, 1.807) is 4.90 Å². The summed E-state index contributed by atoms with van der Waals surface area (Å²) in [5, 5.41) is 4.56. The fraction of sp³-hybridized carbons (Fsp3) is 0.833. The zero-order valence-corrected chi connectivity index (χ0v) is 7.92. The van der Waals surface area contributed by atoms with E-state index in [4.69, 9.17) is 0 Å². The number of carbonyl (C=O) groups excluding carboxylic acids is 1. The van der Waals surface area contributed by atoms with Gasteiger partial charge in [-0.3, -0.25) is 4.79 Å². The van der Waals surface area contributed by atoms with Gasteiger partial charge in [0.05, 0.1) is 0 Å². The lowest BCUT2D eigenvalue weighted by Gasteiger charge is -2.13. The fourth-order valence-corrected chi connectivity index (χ4v) is 1.46. The molecule has 1 saturated heterocycles. The summed E-state index contributed by atoms with van der Waals surface area (Å²) >= 11 is 0. The van der Waals surface area contributed by atoms with Crippen molar-refractivity contribution in [2.75, 3.05) is 19.7 Å². The SMILES string of the molecule is NS(=O)(=O)OCC(=O)N1CCCC1. The summed E-state index contributed by atoms with van der Waals surface area (Å²) in [5.74, 6) is -0.327. The molecule has 1 fully saturated rings. The van der Waals surface area contributed by atoms with Crippen molar-refractivity contribution in [1.82, 2.24) is 4.90 Å². The molecule has 2 N–H and O–H groups in total. The zero-order chi connectivity index (χ0) is 9.90. The lowest BCUT2D eigenvalue weighted by molar-refractivity contribution is -0.132. The second-order valence-electron chi connectivity index (χ2n) is 2.84. The molecule has 1 amide bonds. The van der Waals surface area contributed by atoms with Crippen molar-refractivity contribution in [3.05, 3.63) is 0 Å². The van der Waals surface area contributed by atoms with Gasteiger partial charge in [-0.15, -0.1) is 0 Å². The Bertz CT molecular complexity index is 281. The molecule has 0 atom stereocenters. The van der Waals surface area contributed by atoms with E-state index in [0.29, 0.717) is 13.1 Å². The molecule has 1 aliphatic heterocycles. The number of likely N-dealkylation sites (tertiary alicyclic amines) is 1. The first-order valence-corrected chi connectivity index (χ1v) is 5.41. The van der Waals surface area contributed by atoms with Crippen LogP contribution in [0.4, 0.5) is 0 Å². The van der Waals surface area contributed by atoms with Gasteiger partial charge in [0.15, 0.2) is 0 Å². The molecule has 0 aliphatic carbocycles. The molecule has 0 aromatic heterocycles. The maximum absolute atomic E-state index is 11.2. The van der Waals surface area contributed by atoms with E-state index >= 15 is 0 Å². The van der Waals surface area contributed by atoms with Gasteiger partial charge in [-0.1, -0.05) is 0 Å². The van der Waals surface area contributed by atoms with Crippen LogP contribution in [0.5, 0.6) is 0 Å². The van der Waals surface area contributed by atoms with Crippen molar-refractivity contribution in [1.29, 1.82) is 0 Å². The molecule has 6 nitrogen and oxygen atoms in total. The standard InChI is InChI=1S/C6H12N2O4S/c7-13(10,11)12-5-6(9)8-3-1-2-4-8/h1-5H2,(H2,7,10,11). The molecule has 0 bridgehead atoms. The van der Waals surface area contributed by atoms with E-state index in [9.17, 15) is 13.2 Å². The van der Waals surface area contributed by atoms with Crippen molar-refractivity contribution in [3.8, 4) is 0 Å². The van der Waals surface area contributed by atoms with E-state index in [0.717, 1.165) is 12.8 Å². The Morgan fingerprint density at radius 3 is 2.38 bits per heavy atom. The summed E-state index contributed by atoms with van der Waals surface area (Å²) in [6.07, 6.45) is 1.92. The molecule has 0 aromatic rings. The van der Waals surface area contributed by atoms with Crippen molar-refractivity contribution < 1.29 is 17.4 Å². The molecular weight excluding hydrogens is 196 g/mol. The molecule has 0 spiro atoms. The Labute approximate surface area is 76.9 Å². The normalized spacial score (nSPS) is 17.8. The highest BCUT2D eigenvalue weighted by Gasteiger charge is 2.19. The van der Waals surface area contributed by atoms with Gasteiger partial charge in [-0.05, 0) is 12.8 Å². The molecule has 1 aliphatic rings. The second kappa shape index (κ2) is 4.03. The van der Waals surface area contributed by atoms with Crippen LogP contribution < -0.4 is 5.14 Å². The van der Waals surface area contributed by atoms with Crippen molar-refractivity contribution in [2.24, 2.45) is 5.14 Å². The Balaban J connectivity index is 2.33. The largest absolute Gasteiger partial charge is 0.341 e. The second-order valence-corrected chi connectivity index (χ2v) is 4.06. The Kier molecular flexibility index (Phi) is 3.23. The maximum Gasteiger partial charge on any atom is 0.333 e. The molecule has 0 unspecified atom stereocenters. The highest BCUT2D eigenvalue weighted by molar-refractivity contribution is 7.84. The third-order valence-corrected chi connectivity index (χ3v) is 2.25. The first kappa shape index (κ1) is 10.4. The summed E-state index contributed by atoms with van der Waals surface area (Å²) in [5.41, 5.74) is 0. The molecule has 7 heteroatoms. The minimum absolute atomic E-state index is 0.327. The third kappa shape index (κ3) is 3.71. The van der Waals surface area contributed by atoms with Gasteiger partial charge in [0.1, 0.15) is 6.61 Å². The quantitative estimate of drug-likeness (QED) is 0.632. The summed E-state index contributed by atoms with van der Waals surface area (Å²) in [6, 6.07) is 0. The molecule has 0 saturated carbocycles. The molecule has 1 rings (SSSR count). The van der Waals surface area contributed by atoms with Crippen LogP contribution in [0.1, 0.15) is 12.8 Å². The summed E-state index contributed by atoms with van der Waals surface area (Å²) < 4.78 is 24.8. The highest BCUT2D eigenvalue weighted by Crippen LogP contribution is 2.07. The van der Waals surface area contributed by atoms with Crippen molar-refractivity contribution >= 4 is 16.2 Å². The van der Waals surface area contributed by atoms with Gasteiger partial charge in [-0.2, -0.15) is 8.42 Å². The van der Waals surface area contributed by atoms with Crippen LogP contribution in [0.2, 0.25) is 0 Å². The topological polar surface area (TPSA) is 89.7 Å². The summed E-state index contributed by atoms with van der Waals surface area (Å²) in [6.45, 7) is 0.860. The van der Waals surface area contributed by atoms with Crippen molar-refractivity contribution in [2.45, 2.75) is 12.8 Å². The third-order valence-electron chi connectivity index (χ3n) is 1.81. The lowest BCUT2D eigenvalue weighted by atomic mass is 10.4. The predicted molar refractivity (Wildman–Crippen MR) is 44.9 cm³/mol. The maximum atomic E-state index is 11.2. The number of hydrogen-bond donors (Lipinski definition) is 1. The minimum Gasteiger partial charge on any atom is -0.341 e. The highest BCUT2D eigenvalue weighted by atomic mass is 32.2. The first-order chi connectivity index (χ1) is 5.99. The van der Waals surface area contributed by atoms with Crippen LogP contribution in [0.3, 0.4) is 0 Å². The average molecular weight is 208 g/mol. The van der Waals surface area contributed by atoms with Crippen LogP contribution in [-0.2, 0) is 19.3 Å². The summed E-state index contributed by atoms with van der Waals surface area (Å²) in [4.78, 5) is 12.7. The monoisotopic (exact) mass is 208 g/mol. The molecule has 0 radical (unpaired) electrons. The average Bonchev–Trinajstić information content (AvgIpc) is 2.50. The molecule has 1 heterocycles. The lowest BCUT2D eigenvalue weighted by Crippen LogP contribution is -2.33. The van der Waals surface area contributed by atoms with Gasteiger partial charge in [0, 0.05) is 13.1 Å². The van der Waals surface area contributed by atoms with Gasteiger partial charge >= 0.3 is 10.3 Å². The fourth-order valence-electron chi connectivity index (χ4n) is 1.19. The van der Waals surface area contributed by atoms with E-state index in [1.807, 2.05) is 0 Å². The van der Waals surface area contributed by atoms with E-state index < -0.39 is 16.9 Å². The van der Waals surface area contributed by atoms with Crippen LogP contribution in [0, 0.1) is 0 Å². The summed E-state index contributed by atoms with van der Waals surface area (Å²) in [7, 11) is -4.00. The smallest absolute Gasteiger partial charge is 0.333 e. The van der Waals surface area contributed by atoms with Crippen LogP contribution in [-0.4, -0.2) is 38.9 Å². The first-order valence-electron chi connectivity index (χ1n) is 3.94. The molecule has 76 valence electrons. The Morgan fingerprint density at radius 1 is 1.38 bits per heavy atom. The number of hydrogen-bond acceptors (Lipinski definition) is 4. The Hall–Kier alpha value is -0.660. The number of nitrogens with zero attached hydrogens (tertiary/aromatic N) is 1. The predicted octanol–water partition coefficient (Wildman–Crippen LogP) is -1.17. The zero-order valence-electron chi connectivity index (χ0n) is 7.10. The van der Waals surface area contributed by atoms with E-state index in [2.05, 4.69) is 9.32 Å². The van der Waals surface area contributed by atoms with E-state index in [1.165, 1.54) is 0 Å². The van der Waals surface area contributed by atoms with Gasteiger partial charge in [-0.25, -0.2) is 9.32 Å². The van der Waals surface area contributed by atoms with Crippen LogP contribution in [0.15, 0.2) is 0 Å². The van der Waals surface area contributed by atoms with Crippen molar-refractivity contribution in [3.63, 3.8) is 0 Å². The number of nitrogens with two attached hydrogens (primary N) is 1. The van der Waals surface area contributed by atoms with Gasteiger partial charge < -0.3 is 4.90 Å². The number of carbonyl (C=O) groups is 1. The van der Waals surface area contributed by atoms with Crippen LogP contribution in [0.25, 0.3) is 0 Å². The van der Waals surface area contributed by atoms with Gasteiger partial charge in [0.2, 0.25) is 5.91 Å². The Morgan fingerprint density at radius 2 is 1.92 bits per heavy atom. The van der Waals surface area contributed by atoms with Gasteiger partial charge in [0.25, 0.3) is 0 Å². The minimum atomic E-state index is -4.00. The van der Waals surface area contributed by atoms with E-state index in [-0.39, 0.29) is 5.91 Å².